The summed E-state index contributed by atoms with van der Waals surface area (Å²) in [5.41, 5.74) is 0. The second-order valence-electron chi connectivity index (χ2n) is 3.41. The third-order valence-electron chi connectivity index (χ3n) is 1.80. The molecule has 0 aromatic heterocycles. The molecule has 0 saturated heterocycles. The summed E-state index contributed by atoms with van der Waals surface area (Å²) in [6.07, 6.45) is 2.27. The Kier molecular flexibility index (Phi) is 16.0. The van der Waals surface area contributed by atoms with Crippen LogP contribution in [0.3, 0.4) is 0 Å². The molecule has 0 rings (SSSR count). The monoisotopic (exact) mass is 270 g/mol. The van der Waals surface area contributed by atoms with Gasteiger partial charge in [0.05, 0.1) is 26.4 Å². The maximum absolute atomic E-state index is 8.48. The van der Waals surface area contributed by atoms with Crippen molar-refractivity contribution in [3.05, 3.63) is 0 Å². The van der Waals surface area contributed by atoms with Gasteiger partial charge in [-0.3, -0.25) is 0 Å². The molecule has 0 fully saturated rings. The molecule has 0 aromatic carbocycles. The summed E-state index contributed by atoms with van der Waals surface area (Å²) >= 11 is 0. The summed E-state index contributed by atoms with van der Waals surface area (Å²) in [4.78, 5) is 0. The highest BCUT2D eigenvalue weighted by Gasteiger charge is 1.88. The third kappa shape index (κ3) is 16.9. The molecule has 0 unspecified atom stereocenters. The minimum absolute atomic E-state index is 0.0959. The van der Waals surface area contributed by atoms with Crippen LogP contribution in [0, 0.1) is 23.7 Å². The average Bonchev–Trinajstić information content (AvgIpc) is 2.43. The Hall–Kier alpha value is -1.08. The molecule has 0 aliphatic carbocycles. The topological polar surface area (TPSA) is 68.2 Å². The largest absolute Gasteiger partial charge is 0.395 e. The maximum atomic E-state index is 8.48. The molecule has 0 spiro atoms. The number of aliphatic hydroxyl groups is 2. The van der Waals surface area contributed by atoms with Crippen LogP contribution in [-0.4, -0.2) is 50.2 Å². The first kappa shape index (κ1) is 17.9. The van der Waals surface area contributed by atoms with Gasteiger partial charge in [0.1, 0.15) is 13.6 Å². The first-order valence-corrected chi connectivity index (χ1v) is 6.28. The van der Waals surface area contributed by atoms with Gasteiger partial charge in [0.25, 0.3) is 0 Å². The first-order valence-electron chi connectivity index (χ1n) is 6.28. The van der Waals surface area contributed by atoms with Crippen molar-refractivity contribution in [2.45, 2.75) is 25.7 Å². The summed E-state index contributed by atoms with van der Waals surface area (Å²) in [5.74, 6) is 11.3. The van der Waals surface area contributed by atoms with E-state index in [0.717, 1.165) is 0 Å². The normalized spacial score (nSPS) is 9.37. The summed E-state index contributed by atoms with van der Waals surface area (Å²) in [6, 6.07) is 0. The van der Waals surface area contributed by atoms with E-state index < -0.39 is 0 Å². The van der Waals surface area contributed by atoms with Crippen molar-refractivity contribution < 1.29 is 24.4 Å². The quantitative estimate of drug-likeness (QED) is 0.344. The number of hydrogen-bond acceptors (Lipinski definition) is 5. The lowest BCUT2D eigenvalue weighted by atomic mass is 10.4. The van der Waals surface area contributed by atoms with E-state index in [2.05, 4.69) is 23.7 Å². The number of rotatable bonds is 10. The second kappa shape index (κ2) is 16.9. The van der Waals surface area contributed by atoms with Crippen LogP contribution in [0.2, 0.25) is 0 Å². The van der Waals surface area contributed by atoms with E-state index in [1.165, 1.54) is 0 Å². The molecule has 0 radical (unpaired) electrons. The highest BCUT2D eigenvalue weighted by Crippen LogP contribution is 1.86. The van der Waals surface area contributed by atoms with E-state index in [1.807, 2.05) is 0 Å². The van der Waals surface area contributed by atoms with Gasteiger partial charge in [-0.2, -0.15) is 0 Å². The van der Waals surface area contributed by atoms with E-state index in [1.54, 1.807) is 0 Å². The molecule has 5 nitrogen and oxygen atoms in total. The summed E-state index contributed by atoms with van der Waals surface area (Å²) < 4.78 is 15.4. The van der Waals surface area contributed by atoms with Gasteiger partial charge in [0.2, 0.25) is 0 Å². The Bertz CT molecular complexity index is 264. The fourth-order valence-electron chi connectivity index (χ4n) is 0.981. The zero-order chi connectivity index (χ0) is 14.0. The van der Waals surface area contributed by atoms with Gasteiger partial charge >= 0.3 is 0 Å². The molecule has 19 heavy (non-hydrogen) atoms. The molecule has 0 aliphatic rings. The molecular formula is C14H22O5. The summed E-state index contributed by atoms with van der Waals surface area (Å²) in [5, 5.41) is 17.0. The fourth-order valence-corrected chi connectivity index (χ4v) is 0.981. The highest BCUT2D eigenvalue weighted by atomic mass is 16.7. The van der Waals surface area contributed by atoms with Crippen molar-refractivity contribution in [2.75, 3.05) is 40.0 Å². The minimum atomic E-state index is 0.0959. The molecule has 0 amide bonds. The maximum Gasteiger partial charge on any atom is 0.149 e. The molecule has 0 atom stereocenters. The molecule has 108 valence electrons. The number of hydrogen-bond donors (Lipinski definition) is 2. The Morgan fingerprint density at radius 3 is 1.42 bits per heavy atom. The van der Waals surface area contributed by atoms with Gasteiger partial charge in [-0.15, -0.1) is 23.7 Å². The van der Waals surface area contributed by atoms with Gasteiger partial charge in [0.15, 0.2) is 0 Å². The van der Waals surface area contributed by atoms with Crippen molar-refractivity contribution in [2.24, 2.45) is 0 Å². The SMILES string of the molecule is OCCC#CCCOCOCOCCC#CCCO. The van der Waals surface area contributed by atoms with E-state index in [-0.39, 0.29) is 26.8 Å². The molecule has 0 bridgehead atoms. The van der Waals surface area contributed by atoms with Crippen molar-refractivity contribution >= 4 is 0 Å². The average molecular weight is 270 g/mol. The van der Waals surface area contributed by atoms with Gasteiger partial charge in [-0.1, -0.05) is 0 Å². The van der Waals surface area contributed by atoms with Crippen LogP contribution in [0.5, 0.6) is 0 Å². The van der Waals surface area contributed by atoms with E-state index >= 15 is 0 Å². The Morgan fingerprint density at radius 2 is 1.00 bits per heavy atom. The fraction of sp³-hybridized carbons (Fsp3) is 0.714. The lowest BCUT2D eigenvalue weighted by Crippen LogP contribution is -2.05. The molecule has 0 saturated carbocycles. The lowest BCUT2D eigenvalue weighted by molar-refractivity contribution is -0.129. The zero-order valence-corrected chi connectivity index (χ0v) is 11.2. The molecule has 0 aliphatic heterocycles. The first-order chi connectivity index (χ1) is 9.41. The van der Waals surface area contributed by atoms with E-state index in [0.29, 0.717) is 38.9 Å². The number of aliphatic hydroxyl groups excluding tert-OH is 2. The number of ether oxygens (including phenoxy) is 3. The Labute approximate surface area is 114 Å². The minimum Gasteiger partial charge on any atom is -0.395 e. The van der Waals surface area contributed by atoms with Crippen molar-refractivity contribution in [1.82, 2.24) is 0 Å². The standard InChI is InChI=1S/C14H22O5/c15-9-5-1-3-7-11-17-13-19-14-18-12-8-4-2-6-10-16/h15-16H,5-14H2. The van der Waals surface area contributed by atoms with Crippen LogP contribution in [-0.2, 0) is 14.2 Å². The third-order valence-corrected chi connectivity index (χ3v) is 1.80. The molecular weight excluding hydrogens is 248 g/mol. The van der Waals surface area contributed by atoms with Crippen LogP contribution < -0.4 is 0 Å². The lowest BCUT2D eigenvalue weighted by Gasteiger charge is -2.04. The van der Waals surface area contributed by atoms with Crippen LogP contribution >= 0.6 is 0 Å². The predicted molar refractivity (Wildman–Crippen MR) is 70.9 cm³/mol. The van der Waals surface area contributed by atoms with Crippen LogP contribution in [0.1, 0.15) is 25.7 Å². The van der Waals surface area contributed by atoms with Crippen LogP contribution in [0.15, 0.2) is 0 Å². The molecule has 2 N–H and O–H groups in total. The van der Waals surface area contributed by atoms with Crippen molar-refractivity contribution in [1.29, 1.82) is 0 Å². The predicted octanol–water partition coefficient (Wildman–Crippen LogP) is 0.503. The summed E-state index contributed by atoms with van der Waals surface area (Å²) in [7, 11) is 0. The van der Waals surface area contributed by atoms with Gasteiger partial charge in [0, 0.05) is 25.7 Å². The Morgan fingerprint density at radius 1 is 0.579 bits per heavy atom. The van der Waals surface area contributed by atoms with Gasteiger partial charge in [-0.25, -0.2) is 0 Å². The van der Waals surface area contributed by atoms with E-state index in [9.17, 15) is 0 Å². The van der Waals surface area contributed by atoms with Gasteiger partial charge in [-0.05, 0) is 0 Å². The second-order valence-corrected chi connectivity index (χ2v) is 3.41. The van der Waals surface area contributed by atoms with Crippen molar-refractivity contribution in [3.63, 3.8) is 0 Å². The van der Waals surface area contributed by atoms with Gasteiger partial charge < -0.3 is 24.4 Å². The zero-order valence-electron chi connectivity index (χ0n) is 11.2. The van der Waals surface area contributed by atoms with Crippen molar-refractivity contribution in [3.8, 4) is 23.7 Å². The van der Waals surface area contributed by atoms with Crippen LogP contribution in [0.4, 0.5) is 0 Å². The highest BCUT2D eigenvalue weighted by molar-refractivity contribution is 4.98. The molecule has 5 heteroatoms. The molecule has 0 heterocycles. The van der Waals surface area contributed by atoms with Crippen LogP contribution in [0.25, 0.3) is 0 Å². The Balaban J connectivity index is 3.08. The summed E-state index contributed by atoms with van der Waals surface area (Å²) in [6.45, 7) is 1.56. The van der Waals surface area contributed by atoms with E-state index in [4.69, 9.17) is 24.4 Å². The molecule has 0 aromatic rings. The smallest absolute Gasteiger partial charge is 0.149 e.